The molecule has 1 heterocycles. The molecule has 1 aliphatic carbocycles. The Bertz CT molecular complexity index is 466. The summed E-state index contributed by atoms with van der Waals surface area (Å²) in [5.74, 6) is 0. The van der Waals surface area contributed by atoms with E-state index >= 15 is 0 Å². The predicted octanol–water partition coefficient (Wildman–Crippen LogP) is 1.00. The summed E-state index contributed by atoms with van der Waals surface area (Å²) >= 11 is 0. The zero-order chi connectivity index (χ0) is 13.0. The summed E-state index contributed by atoms with van der Waals surface area (Å²) in [6, 6.07) is 2.09. The monoisotopic (exact) mass is 250 g/mol. The van der Waals surface area contributed by atoms with E-state index in [-0.39, 0.29) is 5.56 Å². The highest BCUT2D eigenvalue weighted by Crippen LogP contribution is 2.19. The van der Waals surface area contributed by atoms with Gasteiger partial charge in [-0.05, 0) is 37.3 Å². The van der Waals surface area contributed by atoms with E-state index in [2.05, 4.69) is 11.4 Å². The van der Waals surface area contributed by atoms with Crippen molar-refractivity contribution in [2.24, 2.45) is 7.05 Å². The lowest BCUT2D eigenvalue weighted by Gasteiger charge is -2.20. The maximum absolute atomic E-state index is 12.2. The molecule has 0 saturated carbocycles. The van der Waals surface area contributed by atoms with Crippen LogP contribution in [0.1, 0.15) is 29.7 Å². The van der Waals surface area contributed by atoms with Crippen molar-refractivity contribution in [2.45, 2.75) is 32.2 Å². The van der Waals surface area contributed by atoms with Gasteiger partial charge in [-0.25, -0.2) is 0 Å². The fraction of sp³-hybridized carbons (Fsp3) is 0.643. The Hall–Kier alpha value is -1.13. The number of fused-ring (bicyclic) bond motifs is 1. The van der Waals surface area contributed by atoms with E-state index in [0.29, 0.717) is 13.2 Å². The van der Waals surface area contributed by atoms with Crippen molar-refractivity contribution in [3.05, 3.63) is 33.2 Å². The van der Waals surface area contributed by atoms with Gasteiger partial charge in [-0.3, -0.25) is 4.79 Å². The molecule has 0 unspecified atom stereocenters. The number of ether oxygens (including phenoxy) is 1. The van der Waals surface area contributed by atoms with Gasteiger partial charge in [0, 0.05) is 38.5 Å². The van der Waals surface area contributed by atoms with E-state index in [1.54, 1.807) is 7.11 Å². The Kier molecular flexibility index (Phi) is 4.55. The molecule has 100 valence electrons. The van der Waals surface area contributed by atoms with Gasteiger partial charge in [-0.15, -0.1) is 0 Å². The standard InChI is InChI=1S/C14H22N2O2/c1-16-13-6-4-3-5-11(13)9-12(14(16)17)10-15-7-8-18-2/h9,15H,3-8,10H2,1-2H3. The Morgan fingerprint density at radius 2 is 2.17 bits per heavy atom. The Balaban J connectivity index is 2.15. The third-order valence-electron chi connectivity index (χ3n) is 3.61. The number of hydrogen-bond donors (Lipinski definition) is 1. The topological polar surface area (TPSA) is 43.3 Å². The molecule has 1 N–H and O–H groups in total. The maximum Gasteiger partial charge on any atom is 0.255 e. The lowest BCUT2D eigenvalue weighted by molar-refractivity contribution is 0.199. The molecule has 2 rings (SSSR count). The first kappa shape index (κ1) is 13.3. The highest BCUT2D eigenvalue weighted by Gasteiger charge is 2.15. The highest BCUT2D eigenvalue weighted by atomic mass is 16.5. The second-order valence-electron chi connectivity index (χ2n) is 4.88. The van der Waals surface area contributed by atoms with Gasteiger partial charge in [0.15, 0.2) is 0 Å². The SMILES string of the molecule is COCCNCc1cc2c(n(C)c1=O)CCCC2. The number of nitrogens with zero attached hydrogens (tertiary/aromatic N) is 1. The minimum atomic E-state index is 0.139. The zero-order valence-electron chi connectivity index (χ0n) is 11.3. The second kappa shape index (κ2) is 6.16. The molecule has 0 spiro atoms. The van der Waals surface area contributed by atoms with Gasteiger partial charge in [0.25, 0.3) is 5.56 Å². The molecule has 0 saturated heterocycles. The first-order valence-electron chi connectivity index (χ1n) is 6.64. The van der Waals surface area contributed by atoms with Gasteiger partial charge < -0.3 is 14.6 Å². The summed E-state index contributed by atoms with van der Waals surface area (Å²) in [5.41, 5.74) is 3.59. The second-order valence-corrected chi connectivity index (χ2v) is 4.88. The molecule has 0 radical (unpaired) electrons. The summed E-state index contributed by atoms with van der Waals surface area (Å²) in [4.78, 5) is 12.2. The van der Waals surface area contributed by atoms with Crippen LogP contribution in [0.4, 0.5) is 0 Å². The predicted molar refractivity (Wildman–Crippen MR) is 71.9 cm³/mol. The Morgan fingerprint density at radius 3 is 2.94 bits per heavy atom. The number of aryl methyl sites for hydroxylation is 1. The molecular formula is C14H22N2O2. The number of methoxy groups -OCH3 is 1. The fourth-order valence-electron chi connectivity index (χ4n) is 2.59. The normalized spacial score (nSPS) is 14.6. The van der Waals surface area contributed by atoms with Crippen LogP contribution in [-0.4, -0.2) is 24.8 Å². The number of rotatable bonds is 5. The van der Waals surface area contributed by atoms with Crippen LogP contribution in [0.2, 0.25) is 0 Å². The lowest BCUT2D eigenvalue weighted by Crippen LogP contribution is -2.30. The highest BCUT2D eigenvalue weighted by molar-refractivity contribution is 5.28. The Labute approximate surface area is 108 Å². The first-order valence-corrected chi connectivity index (χ1v) is 6.64. The van der Waals surface area contributed by atoms with Crippen LogP contribution in [0, 0.1) is 0 Å². The van der Waals surface area contributed by atoms with Crippen molar-refractivity contribution in [1.82, 2.24) is 9.88 Å². The summed E-state index contributed by atoms with van der Waals surface area (Å²) in [5, 5.41) is 3.24. The van der Waals surface area contributed by atoms with E-state index in [9.17, 15) is 4.79 Å². The van der Waals surface area contributed by atoms with Crippen LogP contribution < -0.4 is 10.9 Å². The van der Waals surface area contributed by atoms with Crippen LogP contribution in [0.5, 0.6) is 0 Å². The van der Waals surface area contributed by atoms with Crippen LogP contribution >= 0.6 is 0 Å². The number of aromatic nitrogens is 1. The quantitative estimate of drug-likeness (QED) is 0.793. The van der Waals surface area contributed by atoms with E-state index in [4.69, 9.17) is 4.74 Å². The molecule has 0 atom stereocenters. The summed E-state index contributed by atoms with van der Waals surface area (Å²) in [7, 11) is 3.57. The minimum absolute atomic E-state index is 0.139. The van der Waals surface area contributed by atoms with Crippen molar-refractivity contribution in [2.75, 3.05) is 20.3 Å². The first-order chi connectivity index (χ1) is 8.74. The molecule has 1 aromatic rings. The molecule has 1 aromatic heterocycles. The third-order valence-corrected chi connectivity index (χ3v) is 3.61. The van der Waals surface area contributed by atoms with Crippen molar-refractivity contribution in [3.63, 3.8) is 0 Å². The molecular weight excluding hydrogens is 228 g/mol. The summed E-state index contributed by atoms with van der Waals surface area (Å²) < 4.78 is 6.81. The smallest absolute Gasteiger partial charge is 0.255 e. The van der Waals surface area contributed by atoms with Crippen LogP contribution in [0.15, 0.2) is 10.9 Å². The molecule has 18 heavy (non-hydrogen) atoms. The van der Waals surface area contributed by atoms with Crippen LogP contribution in [-0.2, 0) is 31.2 Å². The molecule has 0 aliphatic heterocycles. The molecule has 0 fully saturated rings. The van der Waals surface area contributed by atoms with Gasteiger partial charge in [0.1, 0.15) is 0 Å². The van der Waals surface area contributed by atoms with Crippen molar-refractivity contribution in [3.8, 4) is 0 Å². The zero-order valence-corrected chi connectivity index (χ0v) is 11.3. The lowest BCUT2D eigenvalue weighted by atomic mass is 9.94. The number of nitrogens with one attached hydrogen (secondary N) is 1. The average molecular weight is 250 g/mol. The molecule has 4 heteroatoms. The van der Waals surface area contributed by atoms with Crippen LogP contribution in [0.25, 0.3) is 0 Å². The van der Waals surface area contributed by atoms with Gasteiger partial charge in [0.05, 0.1) is 6.61 Å². The average Bonchev–Trinajstić information content (AvgIpc) is 2.40. The van der Waals surface area contributed by atoms with Gasteiger partial charge in [-0.2, -0.15) is 0 Å². The largest absolute Gasteiger partial charge is 0.383 e. The van der Waals surface area contributed by atoms with Crippen LogP contribution in [0.3, 0.4) is 0 Å². The van der Waals surface area contributed by atoms with E-state index < -0.39 is 0 Å². The summed E-state index contributed by atoms with van der Waals surface area (Å²) in [6.45, 7) is 2.07. The molecule has 0 aromatic carbocycles. The van der Waals surface area contributed by atoms with E-state index in [1.807, 2.05) is 11.6 Å². The number of pyridine rings is 1. The van der Waals surface area contributed by atoms with Crippen molar-refractivity contribution in [1.29, 1.82) is 0 Å². The summed E-state index contributed by atoms with van der Waals surface area (Å²) in [6.07, 6.45) is 4.58. The van der Waals surface area contributed by atoms with Crippen molar-refractivity contribution < 1.29 is 4.74 Å². The maximum atomic E-state index is 12.2. The van der Waals surface area contributed by atoms with Gasteiger partial charge in [-0.1, -0.05) is 0 Å². The molecule has 0 amide bonds. The minimum Gasteiger partial charge on any atom is -0.383 e. The van der Waals surface area contributed by atoms with E-state index in [1.165, 1.54) is 24.1 Å². The molecule has 4 nitrogen and oxygen atoms in total. The molecule has 1 aliphatic rings. The van der Waals surface area contributed by atoms with E-state index in [0.717, 1.165) is 24.9 Å². The number of hydrogen-bond acceptors (Lipinski definition) is 3. The van der Waals surface area contributed by atoms with Gasteiger partial charge >= 0.3 is 0 Å². The molecule has 0 bridgehead atoms. The fourth-order valence-corrected chi connectivity index (χ4v) is 2.59. The third kappa shape index (κ3) is 2.82. The van der Waals surface area contributed by atoms with Crippen molar-refractivity contribution >= 4 is 0 Å². The van der Waals surface area contributed by atoms with Gasteiger partial charge in [0.2, 0.25) is 0 Å². The Morgan fingerprint density at radius 1 is 1.39 bits per heavy atom.